The zero-order valence-electron chi connectivity index (χ0n) is 15.5. The van der Waals surface area contributed by atoms with Crippen LogP contribution in [-0.2, 0) is 4.74 Å². The molecule has 0 saturated carbocycles. The van der Waals surface area contributed by atoms with Crippen molar-refractivity contribution in [2.75, 3.05) is 13.2 Å². The van der Waals surface area contributed by atoms with Gasteiger partial charge in [-0.05, 0) is 25.7 Å². The zero-order chi connectivity index (χ0) is 18.6. The molecule has 2 unspecified atom stereocenters. The smallest absolute Gasteiger partial charge is 0.0808 e. The van der Waals surface area contributed by atoms with Gasteiger partial charge in [0.2, 0.25) is 0 Å². The fourth-order valence-corrected chi connectivity index (χ4v) is 2.67. The molecule has 5 nitrogen and oxygen atoms in total. The molecule has 0 aromatic carbocycles. The van der Waals surface area contributed by atoms with Crippen molar-refractivity contribution in [2.45, 2.75) is 77.0 Å². The Bertz CT molecular complexity index is 373. The number of hydrogen-bond donors (Lipinski definition) is 2. The van der Waals surface area contributed by atoms with Crippen LogP contribution in [0.5, 0.6) is 0 Å². The standard InChI is InChI=1S/C20H34N4O/c21-15-19(16-22)11-7-3-1-5-9-13-25-14-10-6-2-4-8-12-20(17-23)18-24/h15,17,19-21,23H,1-14H2. The predicted octanol–water partition coefficient (Wildman–Crippen LogP) is 5.26. The van der Waals surface area contributed by atoms with Gasteiger partial charge in [-0.15, -0.1) is 0 Å². The van der Waals surface area contributed by atoms with E-state index in [1.807, 2.05) is 0 Å². The van der Waals surface area contributed by atoms with Crippen molar-refractivity contribution >= 4 is 12.4 Å². The van der Waals surface area contributed by atoms with Crippen LogP contribution in [0.4, 0.5) is 0 Å². The lowest BCUT2D eigenvalue weighted by molar-refractivity contribution is 0.125. The molecule has 140 valence electrons. The predicted molar refractivity (Wildman–Crippen MR) is 102 cm³/mol. The van der Waals surface area contributed by atoms with Crippen LogP contribution in [0.3, 0.4) is 0 Å². The highest BCUT2D eigenvalue weighted by Crippen LogP contribution is 2.11. The monoisotopic (exact) mass is 346 g/mol. The normalized spacial score (nSPS) is 12.7. The summed E-state index contributed by atoms with van der Waals surface area (Å²) >= 11 is 0. The highest BCUT2D eigenvalue weighted by atomic mass is 16.5. The molecule has 0 aliphatic heterocycles. The maximum Gasteiger partial charge on any atom is 0.0808 e. The number of nitrogens with zero attached hydrogens (tertiary/aromatic N) is 2. The molecule has 0 radical (unpaired) electrons. The molecule has 0 fully saturated rings. The van der Waals surface area contributed by atoms with Crippen LogP contribution >= 0.6 is 0 Å². The third-order valence-electron chi connectivity index (χ3n) is 4.34. The third-order valence-corrected chi connectivity index (χ3v) is 4.34. The van der Waals surface area contributed by atoms with E-state index in [-0.39, 0.29) is 11.8 Å². The van der Waals surface area contributed by atoms with Gasteiger partial charge < -0.3 is 15.6 Å². The molecule has 0 amide bonds. The van der Waals surface area contributed by atoms with Gasteiger partial charge in [-0.3, -0.25) is 0 Å². The van der Waals surface area contributed by atoms with Crippen LogP contribution in [0.15, 0.2) is 0 Å². The van der Waals surface area contributed by atoms with E-state index in [0.717, 1.165) is 64.6 Å². The Hall–Kier alpha value is -1.72. The van der Waals surface area contributed by atoms with Crippen molar-refractivity contribution in [2.24, 2.45) is 11.8 Å². The van der Waals surface area contributed by atoms with E-state index < -0.39 is 0 Å². The fourth-order valence-electron chi connectivity index (χ4n) is 2.67. The summed E-state index contributed by atoms with van der Waals surface area (Å²) in [5, 5.41) is 31.6. The van der Waals surface area contributed by atoms with Crippen molar-refractivity contribution in [3.63, 3.8) is 0 Å². The Labute approximate surface area is 153 Å². The minimum Gasteiger partial charge on any atom is -0.381 e. The molecule has 5 heteroatoms. The van der Waals surface area contributed by atoms with Crippen molar-refractivity contribution in [1.29, 1.82) is 21.3 Å². The second-order valence-electron chi connectivity index (χ2n) is 6.53. The Morgan fingerprint density at radius 2 is 1.00 bits per heavy atom. The van der Waals surface area contributed by atoms with Gasteiger partial charge in [0.15, 0.2) is 0 Å². The van der Waals surface area contributed by atoms with Crippen molar-refractivity contribution in [3.05, 3.63) is 0 Å². The van der Waals surface area contributed by atoms with Crippen molar-refractivity contribution in [1.82, 2.24) is 0 Å². The van der Waals surface area contributed by atoms with Crippen molar-refractivity contribution in [3.8, 4) is 12.1 Å². The van der Waals surface area contributed by atoms with E-state index in [4.69, 9.17) is 26.1 Å². The van der Waals surface area contributed by atoms with Crippen LogP contribution in [0.2, 0.25) is 0 Å². The van der Waals surface area contributed by atoms with E-state index in [1.54, 1.807) is 0 Å². The van der Waals surface area contributed by atoms with Gasteiger partial charge in [-0.25, -0.2) is 0 Å². The van der Waals surface area contributed by atoms with Crippen LogP contribution in [-0.4, -0.2) is 25.6 Å². The summed E-state index contributed by atoms with van der Waals surface area (Å²) < 4.78 is 5.65. The van der Waals surface area contributed by atoms with Crippen LogP contribution in [0, 0.1) is 45.3 Å². The summed E-state index contributed by atoms with van der Waals surface area (Å²) in [7, 11) is 0. The number of unbranched alkanes of at least 4 members (excludes halogenated alkanes) is 8. The first kappa shape index (κ1) is 23.3. The Morgan fingerprint density at radius 3 is 1.36 bits per heavy atom. The molecule has 0 aliphatic rings. The number of nitriles is 2. The summed E-state index contributed by atoms with van der Waals surface area (Å²) in [6.45, 7) is 1.68. The summed E-state index contributed by atoms with van der Waals surface area (Å²) in [5.74, 6) is -0.404. The minimum atomic E-state index is -0.202. The van der Waals surface area contributed by atoms with Gasteiger partial charge in [0.1, 0.15) is 0 Å². The number of hydrogen-bond acceptors (Lipinski definition) is 5. The summed E-state index contributed by atoms with van der Waals surface area (Å²) in [6.07, 6.45) is 15.4. The van der Waals surface area contributed by atoms with Crippen LogP contribution in [0.1, 0.15) is 77.0 Å². The first-order valence-electron chi connectivity index (χ1n) is 9.66. The molecule has 0 aromatic rings. The van der Waals surface area contributed by atoms with Gasteiger partial charge in [0.05, 0.1) is 24.0 Å². The van der Waals surface area contributed by atoms with Gasteiger partial charge in [0.25, 0.3) is 0 Å². The zero-order valence-corrected chi connectivity index (χ0v) is 15.5. The van der Waals surface area contributed by atoms with Crippen LogP contribution in [0.25, 0.3) is 0 Å². The molecule has 0 spiro atoms. The van der Waals surface area contributed by atoms with E-state index >= 15 is 0 Å². The topological polar surface area (TPSA) is 105 Å². The maximum atomic E-state index is 8.73. The van der Waals surface area contributed by atoms with Gasteiger partial charge >= 0.3 is 0 Å². The quantitative estimate of drug-likeness (QED) is 0.261. The lowest BCUT2D eigenvalue weighted by Gasteiger charge is -2.06. The molecule has 0 bridgehead atoms. The Kier molecular flexibility index (Phi) is 17.3. The van der Waals surface area contributed by atoms with E-state index in [9.17, 15) is 0 Å². The molecule has 25 heavy (non-hydrogen) atoms. The Morgan fingerprint density at radius 1 is 0.640 bits per heavy atom. The fraction of sp³-hybridized carbons (Fsp3) is 0.800. The second kappa shape index (κ2) is 18.6. The van der Waals surface area contributed by atoms with E-state index in [2.05, 4.69) is 12.1 Å². The summed E-state index contributed by atoms with van der Waals surface area (Å²) in [4.78, 5) is 0. The van der Waals surface area contributed by atoms with Crippen molar-refractivity contribution < 1.29 is 4.74 Å². The highest BCUT2D eigenvalue weighted by molar-refractivity contribution is 5.60. The molecule has 2 atom stereocenters. The maximum absolute atomic E-state index is 8.73. The average Bonchev–Trinajstić information content (AvgIpc) is 2.64. The SMILES string of the molecule is N#CC(C=N)CCCCCCCOCCCCCCCC(C#N)C=N. The molecule has 0 aromatic heterocycles. The average molecular weight is 347 g/mol. The first-order chi connectivity index (χ1) is 12.3. The van der Waals surface area contributed by atoms with Gasteiger partial charge in [0, 0.05) is 25.6 Å². The lowest BCUT2D eigenvalue weighted by atomic mass is 10.0. The number of nitrogens with one attached hydrogen (secondary N) is 2. The largest absolute Gasteiger partial charge is 0.381 e. The summed E-state index contributed by atoms with van der Waals surface area (Å²) in [5.41, 5.74) is 0. The highest BCUT2D eigenvalue weighted by Gasteiger charge is 2.02. The van der Waals surface area contributed by atoms with Gasteiger partial charge in [-0.1, -0.05) is 51.4 Å². The molecular formula is C20H34N4O. The minimum absolute atomic E-state index is 0.202. The molecular weight excluding hydrogens is 312 g/mol. The molecule has 2 N–H and O–H groups in total. The van der Waals surface area contributed by atoms with Gasteiger partial charge in [-0.2, -0.15) is 10.5 Å². The molecule has 0 saturated heterocycles. The molecule has 0 rings (SSSR count). The number of ether oxygens (including phenoxy) is 1. The summed E-state index contributed by atoms with van der Waals surface area (Å²) in [6, 6.07) is 4.25. The molecule has 0 heterocycles. The van der Waals surface area contributed by atoms with Crippen LogP contribution < -0.4 is 0 Å². The number of rotatable bonds is 18. The third kappa shape index (κ3) is 15.5. The Balaban J connectivity index is 3.17. The van der Waals surface area contributed by atoms with E-state index in [1.165, 1.54) is 38.1 Å². The van der Waals surface area contributed by atoms with E-state index in [0.29, 0.717) is 0 Å². The second-order valence-corrected chi connectivity index (χ2v) is 6.53. The lowest BCUT2D eigenvalue weighted by Crippen LogP contribution is -1.99. The molecule has 0 aliphatic carbocycles. The first-order valence-corrected chi connectivity index (χ1v) is 9.66.